The summed E-state index contributed by atoms with van der Waals surface area (Å²) in [5.74, 6) is 4.47. The van der Waals surface area contributed by atoms with E-state index in [1.165, 1.54) is 11.1 Å². The normalized spacial score (nSPS) is 15.3. The molecule has 0 aliphatic carbocycles. The van der Waals surface area contributed by atoms with Crippen LogP contribution in [0.4, 0.5) is 0 Å². The lowest BCUT2D eigenvalue weighted by atomic mass is 9.97. The molecule has 3 atom stereocenters. The van der Waals surface area contributed by atoms with E-state index in [9.17, 15) is 0 Å². The lowest BCUT2D eigenvalue weighted by molar-refractivity contribution is 0.217. The Morgan fingerprint density at radius 1 is 1.11 bits per heavy atom. The smallest absolute Gasteiger partial charge is 0.0986 e. The Balaban J connectivity index is 4.81. The van der Waals surface area contributed by atoms with Crippen LogP contribution in [0.15, 0.2) is 23.3 Å². The minimum Gasteiger partial charge on any atom is -0.358 e. The Morgan fingerprint density at radius 2 is 1.70 bits per heavy atom. The number of allylic oxidation sites excluding steroid dienone is 4. The van der Waals surface area contributed by atoms with Crippen LogP contribution in [0.1, 0.15) is 68.2 Å². The highest BCUT2D eigenvalue weighted by Crippen LogP contribution is 2.18. The molecular formula is C24H43N3. The van der Waals surface area contributed by atoms with Crippen LogP contribution in [0.3, 0.4) is 0 Å². The van der Waals surface area contributed by atoms with Crippen LogP contribution in [-0.4, -0.2) is 47.9 Å². The van der Waals surface area contributed by atoms with Crippen LogP contribution < -0.4 is 0 Å². The molecule has 0 saturated carbocycles. The molecule has 0 spiro atoms. The van der Waals surface area contributed by atoms with Crippen molar-refractivity contribution in [2.24, 2.45) is 11.8 Å². The number of rotatable bonds is 11. The molecule has 0 rings (SSSR count). The zero-order valence-electron chi connectivity index (χ0n) is 19.3. The van der Waals surface area contributed by atoms with Crippen LogP contribution in [0.2, 0.25) is 0 Å². The van der Waals surface area contributed by atoms with E-state index in [1.807, 2.05) is 0 Å². The van der Waals surface area contributed by atoms with Crippen LogP contribution >= 0.6 is 0 Å². The fourth-order valence-corrected chi connectivity index (χ4v) is 3.12. The first-order valence-corrected chi connectivity index (χ1v) is 10.4. The van der Waals surface area contributed by atoms with Crippen LogP contribution in [-0.2, 0) is 0 Å². The van der Waals surface area contributed by atoms with Gasteiger partial charge in [0, 0.05) is 18.5 Å². The first-order valence-electron chi connectivity index (χ1n) is 10.4. The predicted octanol–water partition coefficient (Wildman–Crippen LogP) is 5.59. The zero-order chi connectivity index (χ0) is 21.1. The third kappa shape index (κ3) is 9.29. The van der Waals surface area contributed by atoms with Gasteiger partial charge in [-0.15, -0.1) is 6.42 Å². The molecule has 0 aromatic carbocycles. The monoisotopic (exact) mass is 373 g/mol. The van der Waals surface area contributed by atoms with Crippen molar-refractivity contribution in [1.82, 2.24) is 9.80 Å². The number of amidine groups is 1. The van der Waals surface area contributed by atoms with Gasteiger partial charge in [-0.3, -0.25) is 10.3 Å². The van der Waals surface area contributed by atoms with E-state index in [1.54, 1.807) is 0 Å². The minimum absolute atomic E-state index is 0.100. The molecule has 3 nitrogen and oxygen atoms in total. The highest BCUT2D eigenvalue weighted by Gasteiger charge is 2.23. The van der Waals surface area contributed by atoms with Crippen molar-refractivity contribution >= 4 is 5.84 Å². The highest BCUT2D eigenvalue weighted by molar-refractivity contribution is 5.81. The summed E-state index contributed by atoms with van der Waals surface area (Å²) in [6.07, 6.45) is 12.3. The maximum absolute atomic E-state index is 8.34. The lowest BCUT2D eigenvalue weighted by Gasteiger charge is -2.35. The first kappa shape index (κ1) is 25.5. The molecule has 27 heavy (non-hydrogen) atoms. The predicted molar refractivity (Wildman–Crippen MR) is 121 cm³/mol. The van der Waals surface area contributed by atoms with Crippen molar-refractivity contribution in [1.29, 1.82) is 5.41 Å². The molecule has 3 heteroatoms. The van der Waals surface area contributed by atoms with Gasteiger partial charge in [0.1, 0.15) is 0 Å². The summed E-state index contributed by atoms with van der Waals surface area (Å²) in [5, 5.41) is 8.34. The minimum atomic E-state index is 0.100. The van der Waals surface area contributed by atoms with E-state index >= 15 is 0 Å². The summed E-state index contributed by atoms with van der Waals surface area (Å²) in [7, 11) is 2.13. The summed E-state index contributed by atoms with van der Waals surface area (Å²) >= 11 is 0. The molecule has 0 amide bonds. The zero-order valence-corrected chi connectivity index (χ0v) is 19.3. The fourth-order valence-electron chi connectivity index (χ4n) is 3.12. The van der Waals surface area contributed by atoms with Crippen LogP contribution in [0.25, 0.3) is 0 Å². The van der Waals surface area contributed by atoms with E-state index in [2.05, 4.69) is 90.3 Å². The van der Waals surface area contributed by atoms with E-state index in [4.69, 9.17) is 11.8 Å². The Hall–Kier alpha value is -1.53. The topological polar surface area (TPSA) is 30.3 Å². The maximum Gasteiger partial charge on any atom is 0.0986 e. The van der Waals surface area contributed by atoms with Crippen molar-refractivity contribution < 1.29 is 0 Å². The molecule has 1 N–H and O–H groups in total. The average molecular weight is 374 g/mol. The van der Waals surface area contributed by atoms with E-state index in [0.717, 1.165) is 25.9 Å². The summed E-state index contributed by atoms with van der Waals surface area (Å²) in [4.78, 5) is 4.48. The molecule has 0 saturated heterocycles. The Kier molecular flexibility index (Phi) is 12.1. The Bertz CT molecular complexity index is 546. The van der Waals surface area contributed by atoms with Crippen molar-refractivity contribution in [3.8, 4) is 12.3 Å². The van der Waals surface area contributed by atoms with Gasteiger partial charge in [0.15, 0.2) is 0 Å². The second-order valence-electron chi connectivity index (χ2n) is 8.42. The molecular weight excluding hydrogens is 330 g/mol. The summed E-state index contributed by atoms with van der Waals surface area (Å²) in [6, 6.07) is 0.369. The molecule has 0 bridgehead atoms. The molecule has 154 valence electrons. The lowest BCUT2D eigenvalue weighted by Crippen LogP contribution is -2.44. The molecule has 0 radical (unpaired) electrons. The van der Waals surface area contributed by atoms with Gasteiger partial charge in [-0.1, -0.05) is 50.0 Å². The SMILES string of the molecule is C#CC(CC(C)N(CC)C(=N)C(C)C)N(C)CCC(C)/C(C)=C/C=C(C)C. The Morgan fingerprint density at radius 3 is 2.15 bits per heavy atom. The fraction of sp³-hybridized carbons (Fsp3) is 0.708. The number of terminal acetylenes is 1. The van der Waals surface area contributed by atoms with Crippen molar-refractivity contribution in [3.05, 3.63) is 23.3 Å². The van der Waals surface area contributed by atoms with Crippen molar-refractivity contribution in [3.63, 3.8) is 0 Å². The van der Waals surface area contributed by atoms with E-state index in [0.29, 0.717) is 11.8 Å². The summed E-state index contributed by atoms with van der Waals surface area (Å²) in [6.45, 7) is 19.0. The number of hydrogen-bond acceptors (Lipinski definition) is 2. The molecule has 0 aromatic rings. The number of nitrogens with zero attached hydrogens (tertiary/aromatic N) is 2. The molecule has 0 aliphatic heterocycles. The van der Waals surface area contributed by atoms with Crippen molar-refractivity contribution in [2.75, 3.05) is 20.1 Å². The molecule has 0 fully saturated rings. The largest absolute Gasteiger partial charge is 0.358 e. The molecule has 3 unspecified atom stereocenters. The van der Waals surface area contributed by atoms with Gasteiger partial charge in [-0.2, -0.15) is 0 Å². The van der Waals surface area contributed by atoms with E-state index < -0.39 is 0 Å². The van der Waals surface area contributed by atoms with Gasteiger partial charge in [0.2, 0.25) is 0 Å². The first-order chi connectivity index (χ1) is 12.5. The third-order valence-corrected chi connectivity index (χ3v) is 5.39. The second-order valence-corrected chi connectivity index (χ2v) is 8.42. The maximum atomic E-state index is 8.34. The van der Waals surface area contributed by atoms with Crippen molar-refractivity contribution in [2.45, 2.75) is 80.3 Å². The van der Waals surface area contributed by atoms with Gasteiger partial charge in [0.05, 0.1) is 11.9 Å². The van der Waals surface area contributed by atoms with Crippen LogP contribution in [0, 0.1) is 29.6 Å². The third-order valence-electron chi connectivity index (χ3n) is 5.39. The molecule has 0 aliphatic rings. The quantitative estimate of drug-likeness (QED) is 0.221. The van der Waals surface area contributed by atoms with Gasteiger partial charge < -0.3 is 4.90 Å². The van der Waals surface area contributed by atoms with Gasteiger partial charge in [-0.25, -0.2) is 0 Å². The average Bonchev–Trinajstić information content (AvgIpc) is 2.61. The highest BCUT2D eigenvalue weighted by atomic mass is 15.2. The van der Waals surface area contributed by atoms with E-state index in [-0.39, 0.29) is 18.0 Å². The Labute approximate surface area is 169 Å². The molecule has 0 aromatic heterocycles. The van der Waals surface area contributed by atoms with Crippen LogP contribution in [0.5, 0.6) is 0 Å². The van der Waals surface area contributed by atoms with Gasteiger partial charge in [-0.05, 0) is 67.0 Å². The summed E-state index contributed by atoms with van der Waals surface area (Å²) < 4.78 is 0. The van der Waals surface area contributed by atoms with Gasteiger partial charge in [0.25, 0.3) is 0 Å². The number of nitrogens with one attached hydrogen (secondary N) is 1. The summed E-state index contributed by atoms with van der Waals surface area (Å²) in [5.41, 5.74) is 2.74. The molecule has 0 heterocycles. The second kappa shape index (κ2) is 12.8. The standard InChI is InChI=1S/C24H43N3/c1-11-23(17-22(9)27(12-2)24(25)19(5)6)26(10)16-15-21(8)20(7)14-13-18(3)4/h1,13-14,19,21-23,25H,12,15-17H2,2-10H3/b20-14+,25-24?. The van der Waals surface area contributed by atoms with Gasteiger partial charge >= 0.3 is 0 Å². The number of hydrogen-bond donors (Lipinski definition) is 1.